The van der Waals surface area contributed by atoms with Gasteiger partial charge in [0.1, 0.15) is 6.61 Å². The molecule has 2 aromatic carbocycles. The highest BCUT2D eigenvalue weighted by atomic mass is 16.5. The molecule has 0 radical (unpaired) electrons. The van der Waals surface area contributed by atoms with E-state index in [1.165, 1.54) is 0 Å². The highest BCUT2D eigenvalue weighted by Gasteiger charge is 2.34. The summed E-state index contributed by atoms with van der Waals surface area (Å²) in [6.07, 6.45) is 1.83. The SMILES string of the molecule is CCOC(=O)C1=C(COC(=O)Cc2c[nH]c3ccccc23)NC(=O)N[C@@H]1c1ccccc1. The summed E-state index contributed by atoms with van der Waals surface area (Å²) in [5.41, 5.74) is 2.86. The summed E-state index contributed by atoms with van der Waals surface area (Å²) in [6.45, 7) is 1.61. The van der Waals surface area contributed by atoms with Gasteiger partial charge in [-0.15, -0.1) is 0 Å². The molecule has 1 aliphatic heterocycles. The normalized spacial score (nSPS) is 15.8. The van der Waals surface area contributed by atoms with E-state index in [-0.39, 0.29) is 30.9 Å². The summed E-state index contributed by atoms with van der Waals surface area (Å²) >= 11 is 0. The second kappa shape index (κ2) is 9.38. The van der Waals surface area contributed by atoms with Crippen LogP contribution in [0.2, 0.25) is 0 Å². The number of H-pyrrole nitrogens is 1. The van der Waals surface area contributed by atoms with E-state index in [9.17, 15) is 14.4 Å². The number of ether oxygens (including phenoxy) is 2. The zero-order chi connectivity index (χ0) is 22.5. The minimum Gasteiger partial charge on any atom is -0.463 e. The number of rotatable bonds is 7. The number of aromatic nitrogens is 1. The van der Waals surface area contributed by atoms with E-state index in [4.69, 9.17) is 9.47 Å². The van der Waals surface area contributed by atoms with Gasteiger partial charge in [0.05, 0.1) is 30.3 Å². The van der Waals surface area contributed by atoms with Gasteiger partial charge in [0.2, 0.25) is 0 Å². The van der Waals surface area contributed by atoms with Crippen LogP contribution in [0.4, 0.5) is 4.79 Å². The molecule has 2 amide bonds. The zero-order valence-corrected chi connectivity index (χ0v) is 17.5. The van der Waals surface area contributed by atoms with Crippen LogP contribution in [0.3, 0.4) is 0 Å². The number of aromatic amines is 1. The molecule has 0 saturated carbocycles. The van der Waals surface area contributed by atoms with Crippen LogP contribution in [0.1, 0.15) is 24.1 Å². The average molecular weight is 433 g/mol. The van der Waals surface area contributed by atoms with E-state index in [1.54, 1.807) is 25.3 Å². The Morgan fingerprint density at radius 1 is 1.00 bits per heavy atom. The van der Waals surface area contributed by atoms with Crippen LogP contribution in [-0.4, -0.2) is 36.2 Å². The van der Waals surface area contributed by atoms with Crippen molar-refractivity contribution in [2.45, 2.75) is 19.4 Å². The third kappa shape index (κ3) is 4.49. The van der Waals surface area contributed by atoms with Gasteiger partial charge in [0.15, 0.2) is 0 Å². The molecule has 164 valence electrons. The first-order valence-corrected chi connectivity index (χ1v) is 10.3. The van der Waals surface area contributed by atoms with Gasteiger partial charge in [-0.3, -0.25) is 4.79 Å². The first-order chi connectivity index (χ1) is 15.6. The summed E-state index contributed by atoms with van der Waals surface area (Å²) in [5.74, 6) is -1.06. The van der Waals surface area contributed by atoms with E-state index < -0.39 is 24.0 Å². The van der Waals surface area contributed by atoms with Gasteiger partial charge in [-0.1, -0.05) is 48.5 Å². The topological polar surface area (TPSA) is 110 Å². The third-order valence-electron chi connectivity index (χ3n) is 5.17. The lowest BCUT2D eigenvalue weighted by Crippen LogP contribution is -2.47. The van der Waals surface area contributed by atoms with E-state index in [0.717, 1.165) is 16.5 Å². The van der Waals surface area contributed by atoms with Crippen LogP contribution in [0.15, 0.2) is 72.1 Å². The van der Waals surface area contributed by atoms with Gasteiger partial charge in [-0.25, -0.2) is 9.59 Å². The molecule has 8 heteroatoms. The quantitative estimate of drug-likeness (QED) is 0.496. The van der Waals surface area contributed by atoms with Crippen molar-refractivity contribution in [1.82, 2.24) is 15.6 Å². The molecular weight excluding hydrogens is 410 g/mol. The van der Waals surface area contributed by atoms with Gasteiger partial charge in [-0.2, -0.15) is 0 Å². The number of benzene rings is 2. The number of hydrogen-bond acceptors (Lipinski definition) is 5. The number of hydrogen-bond donors (Lipinski definition) is 3. The molecular formula is C24H23N3O5. The largest absolute Gasteiger partial charge is 0.463 e. The smallest absolute Gasteiger partial charge is 0.338 e. The molecule has 32 heavy (non-hydrogen) atoms. The molecule has 1 aliphatic rings. The molecule has 0 fully saturated rings. The highest BCUT2D eigenvalue weighted by Crippen LogP contribution is 2.28. The van der Waals surface area contributed by atoms with Gasteiger partial charge >= 0.3 is 18.0 Å². The molecule has 1 aromatic heterocycles. The predicted molar refractivity (Wildman–Crippen MR) is 117 cm³/mol. The van der Waals surface area contributed by atoms with Crippen LogP contribution < -0.4 is 10.6 Å². The number of nitrogens with one attached hydrogen (secondary N) is 3. The minimum atomic E-state index is -0.716. The fraction of sp³-hybridized carbons (Fsp3) is 0.208. The van der Waals surface area contributed by atoms with Crippen LogP contribution in [0.25, 0.3) is 10.9 Å². The van der Waals surface area contributed by atoms with Gasteiger partial charge < -0.3 is 25.1 Å². The van der Waals surface area contributed by atoms with Crippen molar-refractivity contribution in [2.24, 2.45) is 0 Å². The summed E-state index contributed by atoms with van der Waals surface area (Å²) in [7, 11) is 0. The van der Waals surface area contributed by atoms with Crippen molar-refractivity contribution in [2.75, 3.05) is 13.2 Å². The molecule has 2 heterocycles. The summed E-state index contributed by atoms with van der Waals surface area (Å²) in [4.78, 5) is 40.7. The molecule has 0 spiro atoms. The molecule has 8 nitrogen and oxygen atoms in total. The second-order valence-corrected chi connectivity index (χ2v) is 7.25. The molecule has 1 atom stereocenters. The Bertz CT molecular complexity index is 1180. The number of carbonyl (C=O) groups excluding carboxylic acids is 3. The Morgan fingerprint density at radius 3 is 2.53 bits per heavy atom. The van der Waals surface area contributed by atoms with Crippen LogP contribution >= 0.6 is 0 Å². The molecule has 0 bridgehead atoms. The Balaban J connectivity index is 1.56. The maximum Gasteiger partial charge on any atom is 0.338 e. The van der Waals surface area contributed by atoms with Gasteiger partial charge in [0.25, 0.3) is 0 Å². The number of esters is 2. The summed E-state index contributed by atoms with van der Waals surface area (Å²) in [5, 5.41) is 6.28. The van der Waals surface area contributed by atoms with Crippen molar-refractivity contribution in [1.29, 1.82) is 0 Å². The number of fused-ring (bicyclic) bond motifs is 1. The fourth-order valence-electron chi connectivity index (χ4n) is 3.71. The van der Waals surface area contributed by atoms with Crippen LogP contribution in [0, 0.1) is 0 Å². The maximum atomic E-state index is 12.7. The van der Waals surface area contributed by atoms with Crippen molar-refractivity contribution < 1.29 is 23.9 Å². The Hall–Kier alpha value is -4.07. The summed E-state index contributed by atoms with van der Waals surface area (Å²) < 4.78 is 10.6. The molecule has 0 aliphatic carbocycles. The van der Waals surface area contributed by atoms with Crippen molar-refractivity contribution >= 4 is 28.9 Å². The first-order valence-electron chi connectivity index (χ1n) is 10.3. The highest BCUT2D eigenvalue weighted by molar-refractivity contribution is 5.95. The van der Waals surface area contributed by atoms with Crippen molar-refractivity contribution in [3.8, 4) is 0 Å². The maximum absolute atomic E-state index is 12.7. The Labute approximate surface area is 184 Å². The molecule has 3 N–H and O–H groups in total. The number of para-hydroxylation sites is 1. The zero-order valence-electron chi connectivity index (χ0n) is 17.5. The molecule has 0 unspecified atom stereocenters. The molecule has 0 saturated heterocycles. The molecule has 3 aromatic rings. The lowest BCUT2D eigenvalue weighted by molar-refractivity contribution is -0.143. The lowest BCUT2D eigenvalue weighted by atomic mass is 9.95. The molecule has 4 rings (SSSR count). The van der Waals surface area contributed by atoms with Crippen LogP contribution in [-0.2, 0) is 25.5 Å². The summed E-state index contributed by atoms with van der Waals surface area (Å²) in [6, 6.07) is 15.5. The monoisotopic (exact) mass is 433 g/mol. The number of amides is 2. The van der Waals surface area contributed by atoms with E-state index >= 15 is 0 Å². The first kappa shape index (κ1) is 21.2. The van der Waals surface area contributed by atoms with Crippen molar-refractivity contribution in [3.63, 3.8) is 0 Å². The van der Waals surface area contributed by atoms with Gasteiger partial charge in [0, 0.05) is 17.1 Å². The second-order valence-electron chi connectivity index (χ2n) is 7.25. The van der Waals surface area contributed by atoms with Gasteiger partial charge in [-0.05, 0) is 24.1 Å². The van der Waals surface area contributed by atoms with E-state index in [2.05, 4.69) is 15.6 Å². The predicted octanol–water partition coefficient (Wildman–Crippen LogP) is 3.12. The standard InChI is InChI=1S/C24H23N3O5/c1-2-31-23(29)21-19(26-24(30)27-22(21)15-8-4-3-5-9-15)14-32-20(28)12-16-13-25-18-11-7-6-10-17(16)18/h3-11,13,22,25H,2,12,14H2,1H3,(H2,26,27,30)/t22-/m1/s1. The minimum absolute atomic E-state index is 0.0559. The number of carbonyl (C=O) groups is 3. The average Bonchev–Trinajstić information content (AvgIpc) is 3.20. The Morgan fingerprint density at radius 2 is 1.75 bits per heavy atom. The van der Waals surface area contributed by atoms with Crippen LogP contribution in [0.5, 0.6) is 0 Å². The third-order valence-corrected chi connectivity index (χ3v) is 5.17. The Kier molecular flexibility index (Phi) is 6.21. The lowest BCUT2D eigenvalue weighted by Gasteiger charge is -2.29. The van der Waals surface area contributed by atoms with Crippen molar-refractivity contribution in [3.05, 3.63) is 83.2 Å². The fourth-order valence-corrected chi connectivity index (χ4v) is 3.71. The number of urea groups is 1. The van der Waals surface area contributed by atoms with E-state index in [0.29, 0.717) is 5.56 Å². The van der Waals surface area contributed by atoms with E-state index in [1.807, 2.05) is 42.5 Å².